The van der Waals surface area contributed by atoms with Crippen molar-refractivity contribution in [3.63, 3.8) is 0 Å². The van der Waals surface area contributed by atoms with Crippen molar-refractivity contribution in [2.75, 3.05) is 13.7 Å². The summed E-state index contributed by atoms with van der Waals surface area (Å²) in [6.45, 7) is 4.18. The smallest absolute Gasteiger partial charge is 0.366 e. The molecule has 1 aliphatic carbocycles. The molecule has 0 atom stereocenters. The standard InChI is InChI=1S/C25H29ClF3N3O2/c1-24(2,34-3)14-13-20-21(22(33)30-15-17-7-5-4-6-8-17)32(23(26)31-20)16-18-9-11-19(12-10-18)25(27,28)29/h9-12,17H,4-8,15-16H2,1-3H3,(H,30,33). The molecule has 1 aromatic heterocycles. The molecular weight excluding hydrogens is 467 g/mol. The number of imidazole rings is 1. The van der Waals surface area contributed by atoms with E-state index in [9.17, 15) is 18.0 Å². The molecule has 3 rings (SSSR count). The summed E-state index contributed by atoms with van der Waals surface area (Å²) in [7, 11) is 1.53. The van der Waals surface area contributed by atoms with E-state index < -0.39 is 17.3 Å². The van der Waals surface area contributed by atoms with Crippen molar-refractivity contribution < 1.29 is 22.7 Å². The fourth-order valence-corrected chi connectivity index (χ4v) is 4.07. The summed E-state index contributed by atoms with van der Waals surface area (Å²) in [6, 6.07) is 4.74. The number of methoxy groups -OCH3 is 1. The minimum atomic E-state index is -4.42. The van der Waals surface area contributed by atoms with Gasteiger partial charge in [0.25, 0.3) is 5.91 Å². The predicted molar refractivity (Wildman–Crippen MR) is 125 cm³/mol. The molecule has 1 heterocycles. The number of carbonyl (C=O) groups excluding carboxylic acids is 1. The van der Waals surface area contributed by atoms with Crippen molar-refractivity contribution in [3.05, 3.63) is 52.1 Å². The zero-order valence-corrected chi connectivity index (χ0v) is 20.3. The number of amides is 1. The van der Waals surface area contributed by atoms with Gasteiger partial charge >= 0.3 is 6.18 Å². The highest BCUT2D eigenvalue weighted by Crippen LogP contribution is 2.29. The van der Waals surface area contributed by atoms with Crippen LogP contribution < -0.4 is 5.32 Å². The van der Waals surface area contributed by atoms with E-state index >= 15 is 0 Å². The van der Waals surface area contributed by atoms with Gasteiger partial charge in [-0.05, 0) is 67.8 Å². The number of ether oxygens (including phenoxy) is 1. The Bertz CT molecular complexity index is 1060. The van der Waals surface area contributed by atoms with Gasteiger partial charge in [-0.25, -0.2) is 4.98 Å². The lowest BCUT2D eigenvalue weighted by atomic mass is 9.89. The highest BCUT2D eigenvalue weighted by molar-refractivity contribution is 6.29. The molecule has 0 radical (unpaired) electrons. The summed E-state index contributed by atoms with van der Waals surface area (Å²) in [6.07, 6.45) is 1.24. The number of nitrogens with zero attached hydrogens (tertiary/aromatic N) is 2. The number of nitrogens with one attached hydrogen (secondary N) is 1. The number of benzene rings is 1. The van der Waals surface area contributed by atoms with Crippen LogP contribution in [0.15, 0.2) is 24.3 Å². The number of alkyl halides is 3. The van der Waals surface area contributed by atoms with Gasteiger partial charge in [0.15, 0.2) is 0 Å². The first kappa shape index (κ1) is 26.1. The van der Waals surface area contributed by atoms with E-state index in [0.717, 1.165) is 37.8 Å². The quantitative estimate of drug-likeness (QED) is 0.524. The molecule has 0 unspecified atom stereocenters. The molecule has 0 bridgehead atoms. The molecule has 0 spiro atoms. The Kier molecular flexibility index (Phi) is 8.32. The number of hydrogen-bond acceptors (Lipinski definition) is 3. The Balaban J connectivity index is 1.91. The maximum atomic E-state index is 13.2. The minimum Gasteiger partial charge on any atom is -0.366 e. The largest absolute Gasteiger partial charge is 0.416 e. The first-order valence-corrected chi connectivity index (χ1v) is 11.7. The van der Waals surface area contributed by atoms with Gasteiger partial charge in [-0.15, -0.1) is 0 Å². The third-order valence-electron chi connectivity index (χ3n) is 6.03. The third kappa shape index (κ3) is 6.77. The van der Waals surface area contributed by atoms with Crippen LogP contribution in [-0.2, 0) is 17.5 Å². The average Bonchev–Trinajstić information content (AvgIpc) is 3.11. The number of aromatic nitrogens is 2. The highest BCUT2D eigenvalue weighted by Gasteiger charge is 2.30. The maximum absolute atomic E-state index is 13.2. The molecular formula is C25H29ClF3N3O2. The first-order chi connectivity index (χ1) is 16.0. The molecule has 0 saturated heterocycles. The van der Waals surface area contributed by atoms with Crippen LogP contribution in [0, 0.1) is 17.8 Å². The van der Waals surface area contributed by atoms with Gasteiger partial charge in [-0.1, -0.05) is 37.3 Å². The lowest BCUT2D eigenvalue weighted by Crippen LogP contribution is -2.32. The number of hydrogen-bond donors (Lipinski definition) is 1. The predicted octanol–water partition coefficient (Wildman–Crippen LogP) is 5.69. The van der Waals surface area contributed by atoms with Gasteiger partial charge in [0.2, 0.25) is 5.28 Å². The van der Waals surface area contributed by atoms with Crippen molar-refractivity contribution in [2.45, 2.75) is 64.3 Å². The van der Waals surface area contributed by atoms with E-state index in [-0.39, 0.29) is 29.1 Å². The molecule has 1 aromatic carbocycles. The molecule has 1 aliphatic rings. The Morgan fingerprint density at radius 2 is 1.85 bits per heavy atom. The van der Waals surface area contributed by atoms with Crippen LogP contribution in [-0.4, -0.2) is 34.7 Å². The summed E-state index contributed by atoms with van der Waals surface area (Å²) < 4.78 is 45.6. The molecule has 184 valence electrons. The van der Waals surface area contributed by atoms with E-state index in [2.05, 4.69) is 22.1 Å². The molecule has 34 heavy (non-hydrogen) atoms. The van der Waals surface area contributed by atoms with Crippen LogP contribution >= 0.6 is 11.6 Å². The second-order valence-electron chi connectivity index (χ2n) is 9.04. The summed E-state index contributed by atoms with van der Waals surface area (Å²) >= 11 is 6.37. The van der Waals surface area contributed by atoms with E-state index in [0.29, 0.717) is 18.0 Å². The normalized spacial score (nSPS) is 15.0. The van der Waals surface area contributed by atoms with Crippen molar-refractivity contribution in [2.24, 2.45) is 5.92 Å². The van der Waals surface area contributed by atoms with E-state index in [1.165, 1.54) is 30.2 Å². The Morgan fingerprint density at radius 3 is 2.44 bits per heavy atom. The van der Waals surface area contributed by atoms with Gasteiger partial charge < -0.3 is 14.6 Å². The average molecular weight is 496 g/mol. The Labute approximate surface area is 203 Å². The zero-order chi connectivity index (χ0) is 24.9. The zero-order valence-electron chi connectivity index (χ0n) is 19.6. The first-order valence-electron chi connectivity index (χ1n) is 11.3. The van der Waals surface area contributed by atoms with Crippen molar-refractivity contribution in [3.8, 4) is 11.8 Å². The molecule has 1 saturated carbocycles. The summed E-state index contributed by atoms with van der Waals surface area (Å²) in [5, 5.41) is 3.01. The Morgan fingerprint density at radius 1 is 1.21 bits per heavy atom. The van der Waals surface area contributed by atoms with Crippen LogP contribution in [0.1, 0.15) is 73.3 Å². The van der Waals surface area contributed by atoms with Crippen LogP contribution in [0.5, 0.6) is 0 Å². The van der Waals surface area contributed by atoms with Crippen molar-refractivity contribution in [1.82, 2.24) is 14.9 Å². The van der Waals surface area contributed by atoms with E-state index in [4.69, 9.17) is 16.3 Å². The van der Waals surface area contributed by atoms with E-state index in [1.807, 2.05) is 0 Å². The molecule has 9 heteroatoms. The Hall–Kier alpha value is -2.50. The van der Waals surface area contributed by atoms with Crippen LogP contribution in [0.25, 0.3) is 0 Å². The highest BCUT2D eigenvalue weighted by atomic mass is 35.5. The summed E-state index contributed by atoms with van der Waals surface area (Å²) in [5.74, 6) is 5.89. The molecule has 1 N–H and O–H groups in total. The second-order valence-corrected chi connectivity index (χ2v) is 9.38. The fraction of sp³-hybridized carbons (Fsp3) is 0.520. The monoisotopic (exact) mass is 495 g/mol. The molecule has 1 amide bonds. The van der Waals surface area contributed by atoms with Crippen molar-refractivity contribution in [1.29, 1.82) is 0 Å². The number of carbonyl (C=O) groups is 1. The van der Waals surface area contributed by atoms with Crippen LogP contribution in [0.2, 0.25) is 5.28 Å². The summed E-state index contributed by atoms with van der Waals surface area (Å²) in [4.78, 5) is 17.5. The maximum Gasteiger partial charge on any atom is 0.416 e. The summed E-state index contributed by atoms with van der Waals surface area (Å²) in [5.41, 5.74) is -0.583. The third-order valence-corrected chi connectivity index (χ3v) is 6.31. The van der Waals surface area contributed by atoms with Gasteiger partial charge in [-0.3, -0.25) is 4.79 Å². The number of halogens is 4. The lowest BCUT2D eigenvalue weighted by molar-refractivity contribution is -0.137. The fourth-order valence-electron chi connectivity index (χ4n) is 3.84. The van der Waals surface area contributed by atoms with Gasteiger partial charge in [0, 0.05) is 13.7 Å². The SMILES string of the molecule is COC(C)(C)C#Cc1nc(Cl)n(Cc2ccc(C(F)(F)F)cc2)c1C(=O)NCC1CCCCC1. The molecule has 0 aliphatic heterocycles. The molecule has 2 aromatic rings. The van der Waals surface area contributed by atoms with Gasteiger partial charge in [0.05, 0.1) is 12.1 Å². The second kappa shape index (κ2) is 10.8. The van der Waals surface area contributed by atoms with Crippen molar-refractivity contribution >= 4 is 17.5 Å². The van der Waals surface area contributed by atoms with E-state index in [1.54, 1.807) is 13.8 Å². The van der Waals surface area contributed by atoms with Crippen LogP contribution in [0.3, 0.4) is 0 Å². The van der Waals surface area contributed by atoms with Crippen LogP contribution in [0.4, 0.5) is 13.2 Å². The van der Waals surface area contributed by atoms with Gasteiger partial charge in [0.1, 0.15) is 17.0 Å². The molecule has 1 fully saturated rings. The topological polar surface area (TPSA) is 56.2 Å². The lowest BCUT2D eigenvalue weighted by Gasteiger charge is -2.22. The number of rotatable bonds is 6. The van der Waals surface area contributed by atoms with Gasteiger partial charge in [-0.2, -0.15) is 13.2 Å². The molecule has 5 nitrogen and oxygen atoms in total. The minimum absolute atomic E-state index is 0.0298.